The van der Waals surface area contributed by atoms with Gasteiger partial charge in [-0.25, -0.2) is 9.78 Å². The smallest absolute Gasteiger partial charge is 0.327 e. The lowest BCUT2D eigenvalue weighted by atomic mass is 10.0. The number of hydrogen-bond donors (Lipinski definition) is 0. The van der Waals surface area contributed by atoms with Crippen molar-refractivity contribution in [3.8, 4) is 11.5 Å². The lowest BCUT2D eigenvalue weighted by Crippen LogP contribution is -2.51. The molecule has 0 bridgehead atoms. The van der Waals surface area contributed by atoms with E-state index in [0.29, 0.717) is 48.9 Å². The van der Waals surface area contributed by atoms with Crippen LogP contribution < -0.4 is 0 Å². The topological polar surface area (TPSA) is 88.8 Å². The van der Waals surface area contributed by atoms with Crippen LogP contribution >= 0.6 is 0 Å². The maximum absolute atomic E-state index is 13.2. The molecule has 34 heavy (non-hydrogen) atoms. The van der Waals surface area contributed by atoms with Crippen LogP contribution in [-0.2, 0) is 9.53 Å². The van der Waals surface area contributed by atoms with Gasteiger partial charge < -0.3 is 14.1 Å². The van der Waals surface area contributed by atoms with E-state index in [0.717, 1.165) is 11.1 Å². The predicted octanol–water partition coefficient (Wildman–Crippen LogP) is 3.56. The summed E-state index contributed by atoms with van der Waals surface area (Å²) in [5, 5.41) is 0. The molecule has 1 unspecified atom stereocenters. The number of piperazine rings is 1. The molecule has 0 aliphatic carbocycles. The van der Waals surface area contributed by atoms with Crippen molar-refractivity contribution in [2.45, 2.75) is 6.04 Å². The Bertz CT molecular complexity index is 1280. The summed E-state index contributed by atoms with van der Waals surface area (Å²) < 4.78 is 10.9. The molecule has 1 aliphatic heterocycles. The Kier molecular flexibility index (Phi) is 6.05. The van der Waals surface area contributed by atoms with Crippen molar-refractivity contribution < 1.29 is 18.7 Å². The van der Waals surface area contributed by atoms with Crippen LogP contribution in [0.3, 0.4) is 0 Å². The highest BCUT2D eigenvalue weighted by Gasteiger charge is 2.32. The molecule has 0 radical (unpaired) electrons. The maximum atomic E-state index is 13.2. The number of fused-ring (bicyclic) bond motifs is 1. The number of pyridine rings is 1. The molecule has 1 fully saturated rings. The number of rotatable bonds is 5. The van der Waals surface area contributed by atoms with Crippen LogP contribution in [0.1, 0.15) is 22.0 Å². The Morgan fingerprint density at radius 3 is 2.50 bits per heavy atom. The Labute approximate surface area is 196 Å². The highest BCUT2D eigenvalue weighted by molar-refractivity contribution is 5.95. The first-order valence-corrected chi connectivity index (χ1v) is 11.1. The molecule has 4 aromatic rings. The summed E-state index contributed by atoms with van der Waals surface area (Å²) in [6, 6.07) is 20.0. The fraction of sp³-hybridized carbons (Fsp3) is 0.231. The highest BCUT2D eigenvalue weighted by Crippen LogP contribution is 2.26. The first-order valence-electron chi connectivity index (χ1n) is 11.1. The monoisotopic (exact) mass is 456 g/mol. The Morgan fingerprint density at radius 2 is 1.76 bits per heavy atom. The summed E-state index contributed by atoms with van der Waals surface area (Å²) in [6.07, 6.45) is 1.66. The van der Waals surface area contributed by atoms with Crippen LogP contribution in [-0.4, -0.2) is 64.9 Å². The van der Waals surface area contributed by atoms with Crippen LogP contribution in [0.25, 0.3) is 22.7 Å². The molecule has 3 heterocycles. The van der Waals surface area contributed by atoms with Crippen molar-refractivity contribution in [2.75, 3.05) is 33.3 Å². The summed E-state index contributed by atoms with van der Waals surface area (Å²) in [6.45, 7) is 2.15. The molecule has 8 heteroatoms. The van der Waals surface area contributed by atoms with E-state index in [9.17, 15) is 9.59 Å². The number of hydrogen-bond acceptors (Lipinski definition) is 7. The molecule has 2 aromatic carbocycles. The largest absolute Gasteiger partial charge is 0.468 e. The maximum Gasteiger partial charge on any atom is 0.327 e. The van der Waals surface area contributed by atoms with Gasteiger partial charge in [0.05, 0.1) is 7.11 Å². The van der Waals surface area contributed by atoms with Crippen LogP contribution in [0.15, 0.2) is 77.3 Å². The van der Waals surface area contributed by atoms with Gasteiger partial charge in [-0.15, -0.1) is 0 Å². The number of nitrogens with zero attached hydrogens (tertiary/aromatic N) is 4. The van der Waals surface area contributed by atoms with Crippen LogP contribution in [0.2, 0.25) is 0 Å². The molecular formula is C26H24N4O4. The first kappa shape index (κ1) is 21.8. The predicted molar refractivity (Wildman–Crippen MR) is 126 cm³/mol. The number of aromatic nitrogens is 2. The molecule has 5 rings (SSSR count). The molecule has 1 atom stereocenters. The minimum absolute atomic E-state index is 0.0648. The SMILES string of the molecule is COC(=O)C(c1ccccc1)N1CCN(C(=O)c2cccc(-c3nc4ncccc4o3)c2)CC1. The van der Waals surface area contributed by atoms with E-state index in [4.69, 9.17) is 9.15 Å². The van der Waals surface area contributed by atoms with Gasteiger partial charge in [0.2, 0.25) is 5.89 Å². The number of methoxy groups -OCH3 is 1. The summed E-state index contributed by atoms with van der Waals surface area (Å²) in [7, 11) is 1.40. The second-order valence-corrected chi connectivity index (χ2v) is 8.09. The van der Waals surface area contributed by atoms with E-state index in [1.807, 2.05) is 53.4 Å². The lowest BCUT2D eigenvalue weighted by Gasteiger charge is -2.38. The van der Waals surface area contributed by atoms with Crippen LogP contribution in [0, 0.1) is 0 Å². The molecule has 1 amide bonds. The molecule has 0 saturated carbocycles. The summed E-state index contributed by atoms with van der Waals surface area (Å²) >= 11 is 0. The molecule has 1 saturated heterocycles. The standard InChI is InChI=1S/C26H24N4O4/c1-33-26(32)22(18-7-3-2-4-8-18)29-13-15-30(16-14-29)25(31)20-10-5-9-19(17-20)24-28-23-21(34-24)11-6-12-27-23/h2-12,17,22H,13-16H2,1H3. The first-order chi connectivity index (χ1) is 16.6. The number of carbonyl (C=O) groups is 2. The van der Waals surface area contributed by atoms with E-state index in [1.54, 1.807) is 24.4 Å². The van der Waals surface area contributed by atoms with Gasteiger partial charge in [-0.1, -0.05) is 36.4 Å². The van der Waals surface area contributed by atoms with E-state index in [1.165, 1.54) is 7.11 Å². The van der Waals surface area contributed by atoms with E-state index in [2.05, 4.69) is 14.9 Å². The fourth-order valence-corrected chi connectivity index (χ4v) is 4.29. The van der Waals surface area contributed by atoms with Crippen molar-refractivity contribution >= 4 is 23.1 Å². The quantitative estimate of drug-likeness (QED) is 0.424. The summed E-state index contributed by atoms with van der Waals surface area (Å²) in [4.78, 5) is 38.3. The zero-order valence-electron chi connectivity index (χ0n) is 18.8. The van der Waals surface area contributed by atoms with Gasteiger partial charge in [0.1, 0.15) is 6.04 Å². The number of oxazole rings is 1. The average molecular weight is 457 g/mol. The molecule has 172 valence electrons. The molecule has 0 N–H and O–H groups in total. The zero-order chi connectivity index (χ0) is 23.5. The van der Waals surface area contributed by atoms with E-state index in [-0.39, 0.29) is 11.9 Å². The lowest BCUT2D eigenvalue weighted by molar-refractivity contribution is -0.148. The van der Waals surface area contributed by atoms with Gasteiger partial charge in [-0.2, -0.15) is 4.98 Å². The third-order valence-electron chi connectivity index (χ3n) is 6.03. The van der Waals surface area contributed by atoms with Gasteiger partial charge in [-0.05, 0) is 35.9 Å². The van der Waals surface area contributed by atoms with Crippen molar-refractivity contribution in [3.63, 3.8) is 0 Å². The number of ether oxygens (including phenoxy) is 1. The number of amides is 1. The summed E-state index contributed by atoms with van der Waals surface area (Å²) in [5.41, 5.74) is 3.30. The molecule has 1 aliphatic rings. The molecule has 8 nitrogen and oxygen atoms in total. The molecular weight excluding hydrogens is 432 g/mol. The Balaban J connectivity index is 1.30. The zero-order valence-corrected chi connectivity index (χ0v) is 18.8. The normalized spacial score (nSPS) is 15.3. The Morgan fingerprint density at radius 1 is 0.971 bits per heavy atom. The minimum atomic E-state index is -0.487. The van der Waals surface area contributed by atoms with Crippen molar-refractivity contribution in [1.82, 2.24) is 19.8 Å². The third kappa shape index (κ3) is 4.27. The average Bonchev–Trinajstić information content (AvgIpc) is 3.34. The van der Waals surface area contributed by atoms with Crippen molar-refractivity contribution in [3.05, 3.63) is 84.1 Å². The minimum Gasteiger partial charge on any atom is -0.468 e. The number of benzene rings is 2. The second-order valence-electron chi connectivity index (χ2n) is 8.09. The third-order valence-corrected chi connectivity index (χ3v) is 6.03. The van der Waals surface area contributed by atoms with Gasteiger partial charge >= 0.3 is 5.97 Å². The van der Waals surface area contributed by atoms with Crippen molar-refractivity contribution in [1.29, 1.82) is 0 Å². The number of carbonyl (C=O) groups excluding carboxylic acids is 2. The fourth-order valence-electron chi connectivity index (χ4n) is 4.29. The van der Waals surface area contributed by atoms with Gasteiger partial charge in [0.25, 0.3) is 5.91 Å². The van der Waals surface area contributed by atoms with Crippen LogP contribution in [0.5, 0.6) is 0 Å². The molecule has 2 aromatic heterocycles. The van der Waals surface area contributed by atoms with Crippen LogP contribution in [0.4, 0.5) is 0 Å². The van der Waals surface area contributed by atoms with E-state index >= 15 is 0 Å². The summed E-state index contributed by atoms with van der Waals surface area (Å²) in [5.74, 6) is 0.0634. The molecule has 0 spiro atoms. The van der Waals surface area contributed by atoms with Gasteiger partial charge in [0, 0.05) is 43.5 Å². The second kappa shape index (κ2) is 9.44. The number of esters is 1. The van der Waals surface area contributed by atoms with Crippen molar-refractivity contribution in [2.24, 2.45) is 0 Å². The van der Waals surface area contributed by atoms with Gasteiger partial charge in [-0.3, -0.25) is 9.69 Å². The Hall–Kier alpha value is -4.04. The highest BCUT2D eigenvalue weighted by atomic mass is 16.5. The van der Waals surface area contributed by atoms with Gasteiger partial charge in [0.15, 0.2) is 11.2 Å². The van der Waals surface area contributed by atoms with E-state index < -0.39 is 6.04 Å².